The van der Waals surface area contributed by atoms with Crippen molar-refractivity contribution in [3.8, 4) is 0 Å². The number of rotatable bonds is 14. The summed E-state index contributed by atoms with van der Waals surface area (Å²) in [6.07, 6.45) is 30.7. The van der Waals surface area contributed by atoms with Crippen LogP contribution in [0.3, 0.4) is 0 Å². The van der Waals surface area contributed by atoms with Gasteiger partial charge in [0.25, 0.3) is 0 Å². The van der Waals surface area contributed by atoms with Crippen LogP contribution in [0.4, 0.5) is 0 Å². The maximum atomic E-state index is 10.3. The summed E-state index contributed by atoms with van der Waals surface area (Å²) < 4.78 is 62.0. The van der Waals surface area contributed by atoms with Gasteiger partial charge in [-0.3, -0.25) is 0 Å². The van der Waals surface area contributed by atoms with Gasteiger partial charge in [0.05, 0.1) is 20.2 Å². The van der Waals surface area contributed by atoms with Crippen LogP contribution in [0, 0.1) is 41.4 Å². The van der Waals surface area contributed by atoms with Gasteiger partial charge in [0, 0.05) is 11.5 Å². The van der Waals surface area contributed by atoms with E-state index in [9.17, 15) is 25.9 Å². The molecule has 0 radical (unpaired) electrons. The van der Waals surface area contributed by atoms with Crippen LogP contribution < -0.4 is 18.9 Å². The fourth-order valence-corrected chi connectivity index (χ4v) is 8.48. The molecular formula is C44H88Fe2LiO6S2-. The molecule has 0 amide bonds. The van der Waals surface area contributed by atoms with Gasteiger partial charge in [0.1, 0.15) is 0 Å². The van der Waals surface area contributed by atoms with Gasteiger partial charge in [-0.25, -0.2) is 16.8 Å². The van der Waals surface area contributed by atoms with Crippen LogP contribution >= 0.6 is 0 Å². The van der Waals surface area contributed by atoms with Gasteiger partial charge in [-0.05, 0) is 12.8 Å². The first-order valence-electron chi connectivity index (χ1n) is 21.2. The third-order valence-electron chi connectivity index (χ3n) is 10.5. The molecular weight excluding hydrogens is 807 g/mol. The molecule has 4 saturated carbocycles. The number of unbranched alkanes of at least 4 members (excludes halogenated alkanes) is 4. The van der Waals surface area contributed by atoms with Gasteiger partial charge in [0.2, 0.25) is 0 Å². The predicted molar refractivity (Wildman–Crippen MR) is 226 cm³/mol. The Morgan fingerprint density at radius 1 is 0.491 bits per heavy atom. The molecule has 0 aliphatic heterocycles. The van der Waals surface area contributed by atoms with E-state index in [1.165, 1.54) is 122 Å². The normalized spacial score (nSPS) is 21.0. The van der Waals surface area contributed by atoms with Gasteiger partial charge in [-0.2, -0.15) is 77.6 Å². The summed E-state index contributed by atoms with van der Waals surface area (Å²) in [6.45, 7) is 19.8. The summed E-state index contributed by atoms with van der Waals surface area (Å²) in [7, 11) is -7.98. The Hall–Kier alpha value is 1.46. The summed E-state index contributed by atoms with van der Waals surface area (Å²) in [5.74, 6) is 8.56. The van der Waals surface area contributed by atoms with Crippen molar-refractivity contribution in [3.05, 3.63) is 23.7 Å². The van der Waals surface area contributed by atoms with Crippen molar-refractivity contribution in [2.45, 2.75) is 230 Å². The summed E-state index contributed by atoms with van der Waals surface area (Å²) >= 11 is 0. The van der Waals surface area contributed by atoms with E-state index >= 15 is 0 Å². The maximum Gasteiger partial charge on any atom is 2.00 e. The quantitative estimate of drug-likeness (QED) is 0.0742. The Morgan fingerprint density at radius 3 is 0.945 bits per heavy atom. The Kier molecular flexibility index (Phi) is 54.0. The van der Waals surface area contributed by atoms with Gasteiger partial charge < -0.3 is 32.8 Å². The minimum atomic E-state index is -3.99. The molecule has 11 heteroatoms. The average Bonchev–Trinajstić information content (AvgIpc) is 3.86. The van der Waals surface area contributed by atoms with Crippen molar-refractivity contribution in [2.75, 3.05) is 11.5 Å². The van der Waals surface area contributed by atoms with Crippen LogP contribution in [0.2, 0.25) is 0 Å². The molecule has 4 aliphatic carbocycles. The molecule has 0 N–H and O–H groups in total. The second-order valence-electron chi connectivity index (χ2n) is 15.9. The van der Waals surface area contributed by atoms with Gasteiger partial charge in [0.15, 0.2) is 0 Å². The van der Waals surface area contributed by atoms with Crippen molar-refractivity contribution in [3.63, 3.8) is 0 Å². The summed E-state index contributed by atoms with van der Waals surface area (Å²) in [6, 6.07) is 0. The van der Waals surface area contributed by atoms with E-state index in [1.807, 2.05) is 0 Å². The van der Waals surface area contributed by atoms with Crippen molar-refractivity contribution < 1.29 is 78.9 Å². The zero-order valence-corrected chi connectivity index (χ0v) is 40.6. The molecule has 0 heterocycles. The van der Waals surface area contributed by atoms with Crippen LogP contribution in [0.15, 0.2) is 0 Å². The predicted octanol–water partition coefficient (Wildman–Crippen LogP) is 10.8. The smallest absolute Gasteiger partial charge is 0.748 e. The molecule has 55 heavy (non-hydrogen) atoms. The van der Waals surface area contributed by atoms with E-state index in [2.05, 4.69) is 62.3 Å². The third kappa shape index (κ3) is 44.8. The Morgan fingerprint density at radius 2 is 0.764 bits per heavy atom. The zero-order chi connectivity index (χ0) is 39.1. The first-order valence-corrected chi connectivity index (χ1v) is 24.4. The molecule has 4 fully saturated rings. The average molecular weight is 896 g/mol. The second-order valence-corrected chi connectivity index (χ2v) is 18.9. The summed E-state index contributed by atoms with van der Waals surface area (Å²) in [4.78, 5) is 0. The van der Waals surface area contributed by atoms with Crippen LogP contribution in [0.1, 0.15) is 230 Å². The third-order valence-corrected chi connectivity index (χ3v) is 12.0. The van der Waals surface area contributed by atoms with Gasteiger partial charge >= 0.3 is 53.0 Å². The first-order chi connectivity index (χ1) is 24.0. The largest absolute Gasteiger partial charge is 2.00 e. The monoisotopic (exact) mass is 895 g/mol. The van der Waals surface area contributed by atoms with Gasteiger partial charge in [-0.1, -0.05) is 158 Å². The minimum absolute atomic E-state index is 0. The fraction of sp³-hybridized carbons (Fsp3) is 0.909. The van der Waals surface area contributed by atoms with Crippen molar-refractivity contribution in [2.24, 2.45) is 17.8 Å². The van der Waals surface area contributed by atoms with Crippen LogP contribution in [0.5, 0.6) is 0 Å². The standard InChI is InChI=1S/C11H21.2C10H19O3S.C6H11.2C3H8.CH4.2Fe.Li/c1-3-4-5-8-11-9-6-7-10(11)2;2*1-9-5-4-7-10(9)6-2-3-8-14(11,12)13;1-6-4-2-3-5-6;2*1-3-2;;;;/h11H,3-9H2,1-2H3;2*10H,2-8H2,1H3,(H,11,12,13);2-5H2,1H3;2*3H2,1-2H3;1H4;;;/q4*-1;;;;2*+2;+1/p-2. The Labute approximate surface area is 379 Å². The number of hydrogen-bond acceptors (Lipinski definition) is 6. The molecule has 0 spiro atoms. The molecule has 0 aromatic heterocycles. The zero-order valence-electron chi connectivity index (χ0n) is 36.8. The Balaban J connectivity index is -0.000000139. The molecule has 3 unspecified atom stereocenters. The SMILES string of the molecule is C.CCC.CCC.CCCCCC1CCC[C-]1C.C[C-]1CCCC1.C[C-]1CCCC1CCCCS(=O)(=O)[O-].C[C-]1CCCC1CCCCS(=O)(=O)[O-].[Fe+2].[Fe+2].[Li+]. The van der Waals surface area contributed by atoms with E-state index in [0.717, 1.165) is 31.6 Å². The molecule has 0 bridgehead atoms. The van der Waals surface area contributed by atoms with Crippen molar-refractivity contribution in [1.29, 1.82) is 0 Å². The van der Waals surface area contributed by atoms with Crippen LogP contribution in [0.25, 0.3) is 0 Å². The van der Waals surface area contributed by atoms with E-state index < -0.39 is 20.2 Å². The molecule has 0 saturated heterocycles. The topological polar surface area (TPSA) is 114 Å². The molecule has 3 atom stereocenters. The second kappa shape index (κ2) is 43.5. The number of hydrogen-bond donors (Lipinski definition) is 0. The van der Waals surface area contributed by atoms with E-state index in [0.29, 0.717) is 24.7 Å². The summed E-state index contributed by atoms with van der Waals surface area (Å²) in [5, 5.41) is 0. The molecule has 330 valence electrons. The van der Waals surface area contributed by atoms with E-state index in [-0.39, 0.29) is 71.9 Å². The van der Waals surface area contributed by atoms with Crippen LogP contribution in [-0.2, 0) is 54.4 Å². The molecule has 0 aromatic rings. The van der Waals surface area contributed by atoms with Crippen LogP contribution in [-0.4, -0.2) is 37.4 Å². The van der Waals surface area contributed by atoms with Gasteiger partial charge in [-0.15, -0.1) is 0 Å². The minimum Gasteiger partial charge on any atom is -0.748 e. The summed E-state index contributed by atoms with van der Waals surface area (Å²) in [5.41, 5.74) is 0. The van der Waals surface area contributed by atoms with E-state index in [1.54, 1.807) is 23.7 Å². The molecule has 6 nitrogen and oxygen atoms in total. The molecule has 0 aromatic carbocycles. The first kappa shape index (κ1) is 68.2. The maximum absolute atomic E-state index is 10.3. The molecule has 4 rings (SSSR count). The molecule has 4 aliphatic rings. The van der Waals surface area contributed by atoms with Crippen molar-refractivity contribution in [1.82, 2.24) is 0 Å². The van der Waals surface area contributed by atoms with Crippen molar-refractivity contribution >= 4 is 20.2 Å². The fourth-order valence-electron chi connectivity index (χ4n) is 7.36. The Bertz CT molecular complexity index is 923. The van der Waals surface area contributed by atoms with E-state index in [4.69, 9.17) is 0 Å².